The standard InChI is InChI=1S/C15H21FN2OS.ClH/c1-11(10-20-2)15(19)18-7-6-17-9-14(18)12-4-3-5-13(16)8-12;/h3-5,8,11,14,17H,6-7,9-10H2,1-2H3;1H. The Kier molecular flexibility index (Phi) is 7.49. The summed E-state index contributed by atoms with van der Waals surface area (Å²) in [5.74, 6) is 0.727. The van der Waals surface area contributed by atoms with Crippen molar-refractivity contribution in [2.45, 2.75) is 13.0 Å². The van der Waals surface area contributed by atoms with Gasteiger partial charge >= 0.3 is 0 Å². The lowest BCUT2D eigenvalue weighted by Gasteiger charge is -2.38. The summed E-state index contributed by atoms with van der Waals surface area (Å²) in [6.45, 7) is 4.12. The molecule has 1 N–H and O–H groups in total. The van der Waals surface area contributed by atoms with Crippen molar-refractivity contribution in [3.63, 3.8) is 0 Å². The predicted molar refractivity (Wildman–Crippen MR) is 88.5 cm³/mol. The van der Waals surface area contributed by atoms with Gasteiger partial charge in [-0.05, 0) is 24.0 Å². The second kappa shape index (κ2) is 8.61. The van der Waals surface area contributed by atoms with Crippen LogP contribution >= 0.6 is 24.2 Å². The summed E-state index contributed by atoms with van der Waals surface area (Å²) >= 11 is 1.68. The summed E-state index contributed by atoms with van der Waals surface area (Å²) in [6, 6.07) is 6.48. The van der Waals surface area contributed by atoms with Crippen LogP contribution in [-0.4, -0.2) is 42.4 Å². The van der Waals surface area contributed by atoms with Gasteiger partial charge in [-0.1, -0.05) is 19.1 Å². The Morgan fingerprint density at radius 1 is 1.57 bits per heavy atom. The molecular weight excluding hydrogens is 311 g/mol. The summed E-state index contributed by atoms with van der Waals surface area (Å²) < 4.78 is 13.4. The molecule has 0 spiro atoms. The first-order valence-electron chi connectivity index (χ1n) is 6.89. The van der Waals surface area contributed by atoms with Crippen LogP contribution in [0.3, 0.4) is 0 Å². The Labute approximate surface area is 136 Å². The highest BCUT2D eigenvalue weighted by molar-refractivity contribution is 7.98. The van der Waals surface area contributed by atoms with Gasteiger partial charge in [0.25, 0.3) is 0 Å². The van der Waals surface area contributed by atoms with Gasteiger partial charge in [0.1, 0.15) is 5.82 Å². The molecule has 0 radical (unpaired) electrons. The van der Waals surface area contributed by atoms with Crippen LogP contribution in [0.1, 0.15) is 18.5 Å². The zero-order valence-electron chi connectivity index (χ0n) is 12.3. The fourth-order valence-electron chi connectivity index (χ4n) is 2.58. The molecule has 3 nitrogen and oxygen atoms in total. The lowest BCUT2D eigenvalue weighted by molar-refractivity contribution is -0.137. The minimum Gasteiger partial charge on any atom is -0.333 e. The van der Waals surface area contributed by atoms with Crippen molar-refractivity contribution < 1.29 is 9.18 Å². The third-order valence-electron chi connectivity index (χ3n) is 3.60. The van der Waals surface area contributed by atoms with E-state index < -0.39 is 0 Å². The second-order valence-corrected chi connectivity index (χ2v) is 6.07. The molecule has 1 saturated heterocycles. The molecule has 0 bridgehead atoms. The largest absolute Gasteiger partial charge is 0.333 e. The summed E-state index contributed by atoms with van der Waals surface area (Å²) in [5, 5.41) is 3.29. The van der Waals surface area contributed by atoms with Crippen LogP contribution in [0.5, 0.6) is 0 Å². The summed E-state index contributed by atoms with van der Waals surface area (Å²) in [7, 11) is 0. The maximum absolute atomic E-state index is 13.4. The fourth-order valence-corrected chi connectivity index (χ4v) is 3.23. The SMILES string of the molecule is CSCC(C)C(=O)N1CCNCC1c1cccc(F)c1.Cl. The summed E-state index contributed by atoms with van der Waals surface area (Å²) in [4.78, 5) is 14.4. The first kappa shape index (κ1) is 18.3. The Morgan fingerprint density at radius 2 is 2.33 bits per heavy atom. The number of hydrogen-bond donors (Lipinski definition) is 1. The minimum atomic E-state index is -0.252. The van der Waals surface area contributed by atoms with Gasteiger partial charge in [0.15, 0.2) is 0 Å². The maximum Gasteiger partial charge on any atom is 0.226 e. The van der Waals surface area contributed by atoms with E-state index in [0.29, 0.717) is 13.1 Å². The lowest BCUT2D eigenvalue weighted by Crippen LogP contribution is -2.50. The van der Waals surface area contributed by atoms with Crippen molar-refractivity contribution in [3.05, 3.63) is 35.6 Å². The number of amides is 1. The van der Waals surface area contributed by atoms with Crippen molar-refractivity contribution in [1.29, 1.82) is 0 Å². The van der Waals surface area contributed by atoms with Gasteiger partial charge < -0.3 is 10.2 Å². The first-order chi connectivity index (χ1) is 9.63. The van der Waals surface area contributed by atoms with E-state index in [9.17, 15) is 9.18 Å². The van der Waals surface area contributed by atoms with E-state index >= 15 is 0 Å². The molecule has 2 unspecified atom stereocenters. The molecule has 118 valence electrons. The molecule has 0 saturated carbocycles. The van der Waals surface area contributed by atoms with Gasteiger partial charge in [0.05, 0.1) is 6.04 Å². The van der Waals surface area contributed by atoms with Gasteiger partial charge in [-0.15, -0.1) is 12.4 Å². The highest BCUT2D eigenvalue weighted by atomic mass is 35.5. The van der Waals surface area contributed by atoms with Gasteiger partial charge in [-0.3, -0.25) is 4.79 Å². The van der Waals surface area contributed by atoms with E-state index in [1.165, 1.54) is 12.1 Å². The highest BCUT2D eigenvalue weighted by Gasteiger charge is 2.30. The van der Waals surface area contributed by atoms with E-state index in [-0.39, 0.29) is 36.1 Å². The molecule has 1 fully saturated rings. The number of nitrogens with zero attached hydrogens (tertiary/aromatic N) is 1. The molecule has 6 heteroatoms. The van der Waals surface area contributed by atoms with Crippen molar-refractivity contribution >= 4 is 30.1 Å². The zero-order valence-corrected chi connectivity index (χ0v) is 14.0. The van der Waals surface area contributed by atoms with Gasteiger partial charge in [0.2, 0.25) is 5.91 Å². The van der Waals surface area contributed by atoms with E-state index in [0.717, 1.165) is 17.9 Å². The second-order valence-electron chi connectivity index (χ2n) is 5.16. The van der Waals surface area contributed by atoms with Crippen LogP contribution in [0.25, 0.3) is 0 Å². The molecule has 1 aromatic carbocycles. The van der Waals surface area contributed by atoms with Gasteiger partial charge in [-0.25, -0.2) is 4.39 Å². The van der Waals surface area contributed by atoms with E-state index in [4.69, 9.17) is 0 Å². The monoisotopic (exact) mass is 332 g/mol. The molecule has 21 heavy (non-hydrogen) atoms. The first-order valence-corrected chi connectivity index (χ1v) is 8.28. The van der Waals surface area contributed by atoms with Gasteiger partial charge in [0, 0.05) is 31.3 Å². The Balaban J connectivity index is 0.00000220. The smallest absolute Gasteiger partial charge is 0.226 e. The number of benzene rings is 1. The van der Waals surface area contributed by atoms with Crippen molar-refractivity contribution in [2.75, 3.05) is 31.6 Å². The highest BCUT2D eigenvalue weighted by Crippen LogP contribution is 2.25. The van der Waals surface area contributed by atoms with Crippen molar-refractivity contribution in [1.82, 2.24) is 10.2 Å². The van der Waals surface area contributed by atoms with Crippen molar-refractivity contribution in [2.24, 2.45) is 5.92 Å². The molecular formula is C15H22ClFN2OS. The number of piperazine rings is 1. The molecule has 0 aromatic heterocycles. The summed E-state index contributed by atoms with van der Waals surface area (Å²) in [6.07, 6.45) is 2.01. The average molecular weight is 333 g/mol. The van der Waals surface area contributed by atoms with E-state index in [1.54, 1.807) is 17.8 Å². The molecule has 2 rings (SSSR count). The Bertz CT molecular complexity index is 475. The van der Waals surface area contributed by atoms with Crippen LogP contribution in [0.15, 0.2) is 24.3 Å². The molecule has 1 aromatic rings. The molecule has 1 aliphatic rings. The summed E-state index contributed by atoms with van der Waals surface area (Å²) in [5.41, 5.74) is 0.863. The Hall–Kier alpha value is -0.780. The number of rotatable bonds is 4. The average Bonchev–Trinajstić information content (AvgIpc) is 2.47. The number of carbonyl (C=O) groups excluding carboxylic acids is 1. The topological polar surface area (TPSA) is 32.3 Å². The minimum absolute atomic E-state index is 0. The van der Waals surface area contributed by atoms with Crippen LogP contribution in [0.2, 0.25) is 0 Å². The third-order valence-corrected chi connectivity index (χ3v) is 4.43. The lowest BCUT2D eigenvalue weighted by atomic mass is 10.0. The molecule has 1 amide bonds. The number of halogens is 2. The maximum atomic E-state index is 13.4. The van der Waals surface area contributed by atoms with Crippen LogP contribution in [0.4, 0.5) is 4.39 Å². The molecule has 1 heterocycles. The Morgan fingerprint density at radius 3 is 3.00 bits per heavy atom. The number of nitrogens with one attached hydrogen (secondary N) is 1. The van der Waals surface area contributed by atoms with Crippen LogP contribution in [0, 0.1) is 11.7 Å². The van der Waals surface area contributed by atoms with E-state index in [2.05, 4.69) is 5.32 Å². The van der Waals surface area contributed by atoms with E-state index in [1.807, 2.05) is 24.1 Å². The quantitative estimate of drug-likeness (QED) is 0.920. The van der Waals surface area contributed by atoms with Crippen molar-refractivity contribution in [3.8, 4) is 0 Å². The van der Waals surface area contributed by atoms with Crippen LogP contribution < -0.4 is 5.32 Å². The molecule has 2 atom stereocenters. The van der Waals surface area contributed by atoms with Gasteiger partial charge in [-0.2, -0.15) is 11.8 Å². The number of hydrogen-bond acceptors (Lipinski definition) is 3. The normalized spacial score (nSPS) is 19.8. The zero-order chi connectivity index (χ0) is 14.5. The molecule has 1 aliphatic heterocycles. The number of carbonyl (C=O) groups is 1. The van der Waals surface area contributed by atoms with Crippen LogP contribution in [-0.2, 0) is 4.79 Å². The molecule has 0 aliphatic carbocycles. The fraction of sp³-hybridized carbons (Fsp3) is 0.533. The number of thioether (sulfide) groups is 1. The third kappa shape index (κ3) is 4.59. The predicted octanol–water partition coefficient (Wildman–Crippen LogP) is 2.72.